The highest BCUT2D eigenvalue weighted by Gasteiger charge is 2.39. The predicted octanol–water partition coefficient (Wildman–Crippen LogP) is 4.75. The highest BCUT2D eigenvalue weighted by molar-refractivity contribution is 9.10. The Morgan fingerprint density at radius 3 is 2.48 bits per heavy atom. The molecule has 0 bridgehead atoms. The average molecular weight is 518 g/mol. The van der Waals surface area contributed by atoms with E-state index in [1.54, 1.807) is 6.92 Å². The number of H-pyrrole nitrogens is 1. The summed E-state index contributed by atoms with van der Waals surface area (Å²) in [6.07, 6.45) is 5.11. The van der Waals surface area contributed by atoms with Crippen LogP contribution in [0.15, 0.2) is 28.7 Å². The third kappa shape index (κ3) is 4.82. The first-order chi connectivity index (χ1) is 15.9. The van der Waals surface area contributed by atoms with Crippen LogP contribution in [-0.4, -0.2) is 54.8 Å². The van der Waals surface area contributed by atoms with Gasteiger partial charge < -0.3 is 24.7 Å². The molecule has 2 N–H and O–H groups in total. The Hall–Kier alpha value is -2.32. The lowest BCUT2D eigenvalue weighted by Gasteiger charge is -2.31. The Morgan fingerprint density at radius 1 is 1.12 bits per heavy atom. The van der Waals surface area contributed by atoms with Crippen molar-refractivity contribution in [1.82, 2.24) is 15.2 Å². The Bertz CT molecular complexity index is 1000. The van der Waals surface area contributed by atoms with Gasteiger partial charge in [-0.05, 0) is 74.3 Å². The Labute approximate surface area is 203 Å². The van der Waals surface area contributed by atoms with Crippen molar-refractivity contribution >= 4 is 27.9 Å². The van der Waals surface area contributed by atoms with Crippen molar-refractivity contribution in [2.24, 2.45) is 0 Å². The van der Waals surface area contributed by atoms with Crippen LogP contribution in [0.2, 0.25) is 0 Å². The Morgan fingerprint density at radius 2 is 1.82 bits per heavy atom. The molecule has 2 heterocycles. The van der Waals surface area contributed by atoms with Crippen LogP contribution >= 0.6 is 15.9 Å². The van der Waals surface area contributed by atoms with Gasteiger partial charge in [0.15, 0.2) is 0 Å². The summed E-state index contributed by atoms with van der Waals surface area (Å²) < 4.78 is 11.2. The largest absolute Gasteiger partial charge is 0.453 e. The number of fused-ring (bicyclic) bond motifs is 1. The lowest BCUT2D eigenvalue weighted by molar-refractivity contribution is -0.137. The van der Waals surface area contributed by atoms with Crippen molar-refractivity contribution in [3.8, 4) is 11.3 Å². The zero-order valence-electron chi connectivity index (χ0n) is 19.4. The third-order valence-electron chi connectivity index (χ3n) is 6.92. The van der Waals surface area contributed by atoms with Crippen LogP contribution in [0.3, 0.4) is 0 Å². The number of aromatic amines is 1. The van der Waals surface area contributed by atoms with E-state index in [0.717, 1.165) is 47.8 Å². The summed E-state index contributed by atoms with van der Waals surface area (Å²) in [4.78, 5) is 31.2. The van der Waals surface area contributed by atoms with Crippen molar-refractivity contribution in [3.05, 3.63) is 45.6 Å². The molecular formula is C25H32BrN3O4. The molecule has 178 valence electrons. The van der Waals surface area contributed by atoms with E-state index in [1.807, 2.05) is 4.90 Å². The summed E-state index contributed by atoms with van der Waals surface area (Å²) in [6, 6.07) is 7.53. The minimum Gasteiger partial charge on any atom is -0.453 e. The molecule has 2 aliphatic rings. The topological polar surface area (TPSA) is 83.7 Å². The van der Waals surface area contributed by atoms with Gasteiger partial charge in [0.1, 0.15) is 6.04 Å². The number of rotatable bonds is 6. The normalized spacial score (nSPS) is 19.6. The van der Waals surface area contributed by atoms with Crippen molar-refractivity contribution in [1.29, 1.82) is 0 Å². The Kier molecular flexibility index (Phi) is 7.44. The molecule has 1 aliphatic heterocycles. The maximum atomic E-state index is 13.6. The zero-order valence-corrected chi connectivity index (χ0v) is 21.0. The number of carbonyl (C=O) groups excluding carboxylic acids is 2. The number of carbonyl (C=O) groups is 2. The lowest BCUT2D eigenvalue weighted by atomic mass is 9.89. The molecule has 1 aromatic carbocycles. The number of methoxy groups -OCH3 is 2. The maximum Gasteiger partial charge on any atom is 0.407 e. The molecule has 2 aromatic rings. The quantitative estimate of drug-likeness (QED) is 0.579. The van der Waals surface area contributed by atoms with Gasteiger partial charge in [-0.2, -0.15) is 0 Å². The van der Waals surface area contributed by atoms with Crippen LogP contribution in [0.5, 0.6) is 0 Å². The van der Waals surface area contributed by atoms with Gasteiger partial charge in [-0.3, -0.25) is 4.79 Å². The van der Waals surface area contributed by atoms with Gasteiger partial charge in [-0.1, -0.05) is 28.1 Å². The molecule has 0 unspecified atom stereocenters. The summed E-state index contributed by atoms with van der Waals surface area (Å²) >= 11 is 3.53. The minimum absolute atomic E-state index is 0.0421. The van der Waals surface area contributed by atoms with Crippen LogP contribution in [0.1, 0.15) is 55.5 Å². The first kappa shape index (κ1) is 23.8. The van der Waals surface area contributed by atoms with Crippen molar-refractivity contribution < 1.29 is 19.1 Å². The van der Waals surface area contributed by atoms with Gasteiger partial charge in [0.2, 0.25) is 5.91 Å². The molecule has 33 heavy (non-hydrogen) atoms. The number of hydrogen-bond donors (Lipinski definition) is 2. The van der Waals surface area contributed by atoms with Crippen molar-refractivity contribution in [2.45, 2.75) is 63.6 Å². The molecule has 1 aliphatic carbocycles. The summed E-state index contributed by atoms with van der Waals surface area (Å²) in [6.45, 7) is 2.44. The first-order valence-corrected chi connectivity index (χ1v) is 12.4. The van der Waals surface area contributed by atoms with Gasteiger partial charge >= 0.3 is 6.09 Å². The summed E-state index contributed by atoms with van der Waals surface area (Å²) in [7, 11) is 2.83. The molecule has 3 atom stereocenters. The van der Waals surface area contributed by atoms with Crippen LogP contribution in [0, 0.1) is 0 Å². The summed E-state index contributed by atoms with van der Waals surface area (Å²) in [5.41, 5.74) is 6.22. The highest BCUT2D eigenvalue weighted by atomic mass is 79.9. The highest BCUT2D eigenvalue weighted by Crippen LogP contribution is 2.41. The van der Waals surface area contributed by atoms with E-state index in [1.165, 1.54) is 37.5 Å². The molecule has 2 amide bonds. The fourth-order valence-corrected chi connectivity index (χ4v) is 5.39. The average Bonchev–Trinajstić information content (AvgIpc) is 3.47. The van der Waals surface area contributed by atoms with E-state index in [-0.39, 0.29) is 11.9 Å². The molecule has 0 radical (unpaired) electrons. The number of nitrogens with zero attached hydrogens (tertiary/aromatic N) is 1. The van der Waals surface area contributed by atoms with E-state index >= 15 is 0 Å². The number of amides is 2. The number of hydrogen-bond acceptors (Lipinski definition) is 4. The minimum atomic E-state index is -0.806. The zero-order chi connectivity index (χ0) is 23.5. The third-order valence-corrected chi connectivity index (χ3v) is 7.45. The SMILES string of the molecule is COC(=O)N[C@H](C(=O)N1CCC[C@H]1c1[nH]c(-c2ccc(Br)cc2)c2c1CCCC2)[C@@H](C)OC. The molecule has 1 fully saturated rings. The van der Waals surface area contributed by atoms with E-state index in [4.69, 9.17) is 9.47 Å². The van der Waals surface area contributed by atoms with E-state index < -0.39 is 18.2 Å². The number of alkyl carbamates (subject to hydrolysis) is 1. The molecule has 4 rings (SSSR count). The monoisotopic (exact) mass is 517 g/mol. The van der Waals surface area contributed by atoms with Crippen molar-refractivity contribution in [2.75, 3.05) is 20.8 Å². The van der Waals surface area contributed by atoms with Crippen LogP contribution in [0.4, 0.5) is 4.79 Å². The van der Waals surface area contributed by atoms with Crippen LogP contribution in [-0.2, 0) is 27.1 Å². The number of aromatic nitrogens is 1. The number of ether oxygens (including phenoxy) is 2. The second kappa shape index (κ2) is 10.3. The summed E-state index contributed by atoms with van der Waals surface area (Å²) in [5, 5.41) is 2.67. The van der Waals surface area contributed by atoms with E-state index in [0.29, 0.717) is 6.54 Å². The first-order valence-electron chi connectivity index (χ1n) is 11.6. The smallest absolute Gasteiger partial charge is 0.407 e. The van der Waals surface area contributed by atoms with E-state index in [2.05, 4.69) is 50.5 Å². The van der Waals surface area contributed by atoms with Gasteiger partial charge in [-0.15, -0.1) is 0 Å². The fraction of sp³-hybridized carbons (Fsp3) is 0.520. The number of nitrogens with one attached hydrogen (secondary N) is 2. The second-order valence-corrected chi connectivity index (χ2v) is 9.74. The molecule has 8 heteroatoms. The van der Waals surface area contributed by atoms with E-state index in [9.17, 15) is 9.59 Å². The molecule has 0 saturated carbocycles. The predicted molar refractivity (Wildman–Crippen MR) is 130 cm³/mol. The van der Waals surface area contributed by atoms with Gasteiger partial charge in [0.05, 0.1) is 19.3 Å². The summed E-state index contributed by atoms with van der Waals surface area (Å²) in [5.74, 6) is -0.137. The molecule has 7 nitrogen and oxygen atoms in total. The molecule has 0 spiro atoms. The standard InChI is InChI=1S/C25H32BrN3O4/c1-15(32-2)21(28-25(31)33-3)24(30)29-14-6-9-20(29)23-19-8-5-4-7-18(19)22(27-23)16-10-12-17(26)13-11-16/h10-13,15,20-21,27H,4-9,14H2,1-3H3,(H,28,31)/t15-,20+,21+/m1/s1. The fourth-order valence-electron chi connectivity index (χ4n) is 5.12. The Balaban J connectivity index is 1.68. The molecule has 1 saturated heterocycles. The van der Waals surface area contributed by atoms with Gasteiger partial charge in [-0.25, -0.2) is 4.79 Å². The maximum absolute atomic E-state index is 13.6. The van der Waals surface area contributed by atoms with Crippen LogP contribution in [0.25, 0.3) is 11.3 Å². The number of likely N-dealkylation sites (tertiary alicyclic amines) is 1. The van der Waals surface area contributed by atoms with Crippen LogP contribution < -0.4 is 5.32 Å². The lowest BCUT2D eigenvalue weighted by Crippen LogP contribution is -2.54. The van der Waals surface area contributed by atoms with Gasteiger partial charge in [0, 0.05) is 29.5 Å². The van der Waals surface area contributed by atoms with Crippen molar-refractivity contribution in [3.63, 3.8) is 0 Å². The number of halogens is 1. The van der Waals surface area contributed by atoms with Gasteiger partial charge in [0.25, 0.3) is 0 Å². The molecular weight excluding hydrogens is 486 g/mol. The second-order valence-electron chi connectivity index (χ2n) is 8.83. The number of benzene rings is 1. The molecule has 1 aromatic heterocycles.